The van der Waals surface area contributed by atoms with Gasteiger partial charge in [0.25, 0.3) is 5.91 Å². The van der Waals surface area contributed by atoms with Crippen molar-refractivity contribution in [3.05, 3.63) is 46.4 Å². The van der Waals surface area contributed by atoms with E-state index in [9.17, 15) is 18.0 Å². The lowest BCUT2D eigenvalue weighted by atomic mass is 10.2. The Morgan fingerprint density at radius 1 is 1.33 bits per heavy atom. The van der Waals surface area contributed by atoms with Gasteiger partial charge < -0.3 is 10.1 Å². The van der Waals surface area contributed by atoms with Crippen LogP contribution in [0.1, 0.15) is 28.3 Å². The van der Waals surface area contributed by atoms with E-state index >= 15 is 0 Å². The average molecular weight is 316 g/mol. The third kappa shape index (κ3) is 4.45. The third-order valence-electron chi connectivity index (χ3n) is 2.52. The Hall–Kier alpha value is -2.09. The molecule has 1 heterocycles. The van der Waals surface area contributed by atoms with E-state index in [4.69, 9.17) is 0 Å². The molecular weight excluding hydrogens is 305 g/mol. The fourth-order valence-corrected chi connectivity index (χ4v) is 2.24. The van der Waals surface area contributed by atoms with Crippen molar-refractivity contribution in [2.24, 2.45) is 0 Å². The molecule has 1 amide bonds. The minimum absolute atomic E-state index is 0.243. The van der Waals surface area contributed by atoms with Gasteiger partial charge in [-0.15, -0.1) is 24.5 Å². The van der Waals surface area contributed by atoms with Crippen LogP contribution < -0.4 is 10.1 Å². The van der Waals surface area contributed by atoms with Gasteiger partial charge in [0.1, 0.15) is 10.8 Å². The van der Waals surface area contributed by atoms with Gasteiger partial charge in [0.2, 0.25) is 0 Å². The van der Waals surface area contributed by atoms with Gasteiger partial charge in [-0.05, 0) is 31.2 Å². The summed E-state index contributed by atoms with van der Waals surface area (Å²) in [5, 5.41) is 5.26. The van der Waals surface area contributed by atoms with E-state index < -0.39 is 12.3 Å². The molecule has 0 spiro atoms. The molecule has 21 heavy (non-hydrogen) atoms. The van der Waals surface area contributed by atoms with Crippen LogP contribution in [0.15, 0.2) is 35.8 Å². The van der Waals surface area contributed by atoms with Gasteiger partial charge in [-0.2, -0.15) is 0 Å². The van der Waals surface area contributed by atoms with Crippen LogP contribution >= 0.6 is 11.3 Å². The second kappa shape index (κ2) is 6.13. The second-order valence-electron chi connectivity index (χ2n) is 4.14. The zero-order valence-electron chi connectivity index (χ0n) is 10.8. The van der Waals surface area contributed by atoms with E-state index in [0.29, 0.717) is 0 Å². The van der Waals surface area contributed by atoms with Crippen LogP contribution in [0.2, 0.25) is 0 Å². The highest BCUT2D eigenvalue weighted by atomic mass is 32.1. The summed E-state index contributed by atoms with van der Waals surface area (Å²) in [4.78, 5) is 16.0. The minimum atomic E-state index is -4.75. The quantitative estimate of drug-likeness (QED) is 0.939. The van der Waals surface area contributed by atoms with Crippen molar-refractivity contribution in [3.8, 4) is 5.75 Å². The number of hydrogen-bond acceptors (Lipinski definition) is 4. The van der Waals surface area contributed by atoms with Crippen LogP contribution in [0.25, 0.3) is 0 Å². The number of amides is 1. The average Bonchev–Trinajstić information content (AvgIpc) is 2.91. The predicted molar refractivity (Wildman–Crippen MR) is 71.1 cm³/mol. The van der Waals surface area contributed by atoms with Crippen molar-refractivity contribution in [1.29, 1.82) is 0 Å². The Morgan fingerprint density at radius 3 is 2.52 bits per heavy atom. The number of rotatable bonds is 4. The number of ether oxygens (including phenoxy) is 1. The molecule has 0 bridgehead atoms. The minimum Gasteiger partial charge on any atom is -0.406 e. The largest absolute Gasteiger partial charge is 0.573 e. The summed E-state index contributed by atoms with van der Waals surface area (Å²) in [7, 11) is 0. The summed E-state index contributed by atoms with van der Waals surface area (Å²) in [6.45, 7) is 1.78. The Balaban J connectivity index is 2.00. The molecule has 8 heteroatoms. The molecule has 0 aliphatic heterocycles. The van der Waals surface area contributed by atoms with Crippen LogP contribution in [0.5, 0.6) is 5.75 Å². The van der Waals surface area contributed by atoms with E-state index in [1.54, 1.807) is 18.5 Å². The standard InChI is InChI=1S/C13H11F3N2O2S/c1-8(12-17-6-7-21-12)18-11(19)9-2-4-10(5-3-9)20-13(14,15)16/h2-8H,1H3,(H,18,19)/t8-/m0/s1. The Morgan fingerprint density at radius 2 is 2.00 bits per heavy atom. The van der Waals surface area contributed by atoms with Crippen molar-refractivity contribution in [1.82, 2.24) is 10.3 Å². The SMILES string of the molecule is C[C@H](NC(=O)c1ccc(OC(F)(F)F)cc1)c1nccs1. The number of aromatic nitrogens is 1. The van der Waals surface area contributed by atoms with E-state index in [1.807, 2.05) is 0 Å². The van der Waals surface area contributed by atoms with Crippen LogP contribution in [0, 0.1) is 0 Å². The molecule has 0 aliphatic rings. The predicted octanol–water partition coefficient (Wildman–Crippen LogP) is 3.53. The molecule has 0 aliphatic carbocycles. The second-order valence-corrected chi connectivity index (χ2v) is 5.06. The van der Waals surface area contributed by atoms with E-state index in [-0.39, 0.29) is 17.4 Å². The number of carbonyl (C=O) groups is 1. The number of carbonyl (C=O) groups excluding carboxylic acids is 1. The number of nitrogens with one attached hydrogen (secondary N) is 1. The zero-order chi connectivity index (χ0) is 15.5. The van der Waals surface area contributed by atoms with E-state index in [0.717, 1.165) is 17.1 Å². The summed E-state index contributed by atoms with van der Waals surface area (Å²) >= 11 is 1.41. The Labute approximate surface area is 122 Å². The fourth-order valence-electron chi connectivity index (χ4n) is 1.60. The van der Waals surface area contributed by atoms with Crippen molar-refractivity contribution in [2.45, 2.75) is 19.3 Å². The summed E-state index contributed by atoms with van der Waals surface area (Å²) < 4.78 is 39.8. The monoisotopic (exact) mass is 316 g/mol. The zero-order valence-corrected chi connectivity index (χ0v) is 11.7. The molecule has 112 valence electrons. The molecule has 2 rings (SSSR count). The topological polar surface area (TPSA) is 51.2 Å². The number of thiazole rings is 1. The van der Waals surface area contributed by atoms with Crippen LogP contribution in [-0.4, -0.2) is 17.3 Å². The highest BCUT2D eigenvalue weighted by Gasteiger charge is 2.31. The summed E-state index contributed by atoms with van der Waals surface area (Å²) in [5.41, 5.74) is 0.243. The van der Waals surface area contributed by atoms with E-state index in [1.165, 1.54) is 23.5 Å². The highest BCUT2D eigenvalue weighted by molar-refractivity contribution is 7.09. The molecule has 0 saturated heterocycles. The fraction of sp³-hybridized carbons (Fsp3) is 0.231. The first-order chi connectivity index (χ1) is 9.85. The summed E-state index contributed by atoms with van der Waals surface area (Å²) in [6, 6.07) is 4.45. The first kappa shape index (κ1) is 15.3. The third-order valence-corrected chi connectivity index (χ3v) is 3.48. The molecule has 4 nitrogen and oxygen atoms in total. The Bertz CT molecular complexity index is 597. The molecule has 0 unspecified atom stereocenters. The lowest BCUT2D eigenvalue weighted by Crippen LogP contribution is -2.26. The van der Waals surface area contributed by atoms with E-state index in [2.05, 4.69) is 15.0 Å². The molecular formula is C13H11F3N2O2S. The van der Waals surface area contributed by atoms with Gasteiger partial charge in [0, 0.05) is 17.1 Å². The van der Waals surface area contributed by atoms with Crippen LogP contribution in [-0.2, 0) is 0 Å². The number of benzene rings is 1. The maximum absolute atomic E-state index is 12.0. The summed E-state index contributed by atoms with van der Waals surface area (Å²) in [5.74, 6) is -0.761. The number of alkyl halides is 3. The van der Waals surface area contributed by atoms with Crippen molar-refractivity contribution >= 4 is 17.2 Å². The van der Waals surface area contributed by atoms with Gasteiger partial charge >= 0.3 is 6.36 Å². The number of halogens is 3. The lowest BCUT2D eigenvalue weighted by Gasteiger charge is -2.12. The van der Waals surface area contributed by atoms with Gasteiger partial charge in [0.15, 0.2) is 0 Å². The maximum Gasteiger partial charge on any atom is 0.573 e. The highest BCUT2D eigenvalue weighted by Crippen LogP contribution is 2.23. The number of hydrogen-bond donors (Lipinski definition) is 1. The molecule has 0 saturated carbocycles. The molecule has 2 aromatic rings. The van der Waals surface area contributed by atoms with Crippen molar-refractivity contribution in [3.63, 3.8) is 0 Å². The van der Waals surface area contributed by atoms with Gasteiger partial charge in [-0.25, -0.2) is 4.98 Å². The van der Waals surface area contributed by atoms with Crippen molar-refractivity contribution < 1.29 is 22.7 Å². The molecule has 1 aromatic carbocycles. The van der Waals surface area contributed by atoms with Crippen molar-refractivity contribution in [2.75, 3.05) is 0 Å². The summed E-state index contributed by atoms with van der Waals surface area (Å²) in [6.07, 6.45) is -3.12. The normalized spacial score (nSPS) is 12.8. The number of nitrogens with zero attached hydrogens (tertiary/aromatic N) is 1. The molecule has 1 aromatic heterocycles. The molecule has 0 radical (unpaired) electrons. The smallest absolute Gasteiger partial charge is 0.406 e. The van der Waals surface area contributed by atoms with Crippen LogP contribution in [0.3, 0.4) is 0 Å². The van der Waals surface area contributed by atoms with Crippen LogP contribution in [0.4, 0.5) is 13.2 Å². The molecule has 0 fully saturated rings. The molecule has 1 atom stereocenters. The maximum atomic E-state index is 12.0. The van der Waals surface area contributed by atoms with Gasteiger partial charge in [-0.3, -0.25) is 4.79 Å². The first-order valence-corrected chi connectivity index (χ1v) is 6.79. The lowest BCUT2D eigenvalue weighted by molar-refractivity contribution is -0.274. The first-order valence-electron chi connectivity index (χ1n) is 5.91. The van der Waals surface area contributed by atoms with Gasteiger partial charge in [-0.1, -0.05) is 0 Å². The van der Waals surface area contributed by atoms with Gasteiger partial charge in [0.05, 0.1) is 6.04 Å². The Kier molecular flexibility index (Phi) is 4.46. The molecule has 1 N–H and O–H groups in total.